The molecule has 2 aromatic rings. The number of carboxylic acids is 1. The van der Waals surface area contributed by atoms with Gasteiger partial charge in [-0.05, 0) is 37.6 Å². The van der Waals surface area contributed by atoms with Gasteiger partial charge >= 0.3 is 5.97 Å². The Bertz CT molecular complexity index is 621. The first-order valence-corrected chi connectivity index (χ1v) is 7.54. The molecule has 1 aromatic carbocycles. The standard InChI is InChI=1S/C16H17NO3S/c1-12-9-10-14(21-12)16(20)17(11-5-8-15(18)19)13-6-3-2-4-7-13/h2-4,6-7,9-10H,5,8,11H2,1H3,(H,18,19). The molecular formula is C16H17NO3S. The molecule has 0 saturated carbocycles. The van der Waals surface area contributed by atoms with Crippen molar-refractivity contribution in [2.24, 2.45) is 0 Å². The zero-order valence-corrected chi connectivity index (χ0v) is 12.6. The minimum Gasteiger partial charge on any atom is -0.481 e. The highest BCUT2D eigenvalue weighted by Gasteiger charge is 2.19. The topological polar surface area (TPSA) is 57.6 Å². The third kappa shape index (κ3) is 4.16. The van der Waals surface area contributed by atoms with E-state index in [0.29, 0.717) is 17.8 Å². The predicted molar refractivity (Wildman–Crippen MR) is 84.0 cm³/mol. The van der Waals surface area contributed by atoms with Crippen LogP contribution in [0.5, 0.6) is 0 Å². The van der Waals surface area contributed by atoms with Gasteiger partial charge in [0.2, 0.25) is 0 Å². The van der Waals surface area contributed by atoms with Gasteiger partial charge < -0.3 is 10.0 Å². The van der Waals surface area contributed by atoms with Crippen molar-refractivity contribution in [3.05, 3.63) is 52.2 Å². The zero-order chi connectivity index (χ0) is 15.2. The zero-order valence-electron chi connectivity index (χ0n) is 11.8. The Morgan fingerprint density at radius 1 is 1.14 bits per heavy atom. The van der Waals surface area contributed by atoms with Crippen LogP contribution in [0.25, 0.3) is 0 Å². The predicted octanol–water partition coefficient (Wildman–Crippen LogP) is 3.57. The van der Waals surface area contributed by atoms with E-state index in [1.165, 1.54) is 11.3 Å². The smallest absolute Gasteiger partial charge is 0.303 e. The highest BCUT2D eigenvalue weighted by molar-refractivity contribution is 7.14. The van der Waals surface area contributed by atoms with Crippen molar-refractivity contribution >= 4 is 28.9 Å². The minimum atomic E-state index is -0.845. The molecule has 0 unspecified atom stereocenters. The first kappa shape index (κ1) is 15.3. The van der Waals surface area contributed by atoms with Gasteiger partial charge in [0.25, 0.3) is 5.91 Å². The highest BCUT2D eigenvalue weighted by Crippen LogP contribution is 2.22. The van der Waals surface area contributed by atoms with Crippen LogP contribution in [0.15, 0.2) is 42.5 Å². The molecule has 4 nitrogen and oxygen atoms in total. The van der Waals surface area contributed by atoms with Crippen LogP contribution in [0.4, 0.5) is 5.69 Å². The lowest BCUT2D eigenvalue weighted by Crippen LogP contribution is -2.31. The molecule has 0 radical (unpaired) electrons. The summed E-state index contributed by atoms with van der Waals surface area (Å²) in [5.41, 5.74) is 0.791. The highest BCUT2D eigenvalue weighted by atomic mass is 32.1. The van der Waals surface area contributed by atoms with Gasteiger partial charge in [-0.25, -0.2) is 0 Å². The van der Waals surface area contributed by atoms with Crippen molar-refractivity contribution in [2.45, 2.75) is 19.8 Å². The van der Waals surface area contributed by atoms with E-state index in [9.17, 15) is 9.59 Å². The van der Waals surface area contributed by atoms with Crippen LogP contribution in [-0.2, 0) is 4.79 Å². The Kier molecular flexibility index (Phi) is 5.11. The molecule has 1 N–H and O–H groups in total. The van der Waals surface area contributed by atoms with E-state index in [-0.39, 0.29) is 12.3 Å². The fraction of sp³-hybridized carbons (Fsp3) is 0.250. The summed E-state index contributed by atoms with van der Waals surface area (Å²) in [5, 5.41) is 8.75. The molecule has 21 heavy (non-hydrogen) atoms. The molecule has 0 fully saturated rings. The lowest BCUT2D eigenvalue weighted by atomic mass is 10.2. The van der Waals surface area contributed by atoms with E-state index in [1.807, 2.05) is 49.4 Å². The molecule has 1 aromatic heterocycles. The first-order valence-electron chi connectivity index (χ1n) is 6.73. The van der Waals surface area contributed by atoms with Crippen LogP contribution >= 0.6 is 11.3 Å². The van der Waals surface area contributed by atoms with E-state index in [4.69, 9.17) is 5.11 Å². The molecule has 0 spiro atoms. The molecule has 0 aliphatic heterocycles. The van der Waals surface area contributed by atoms with Crippen LogP contribution < -0.4 is 4.90 Å². The van der Waals surface area contributed by atoms with Gasteiger partial charge in [-0.2, -0.15) is 0 Å². The molecule has 0 aliphatic rings. The second kappa shape index (κ2) is 7.04. The largest absolute Gasteiger partial charge is 0.481 e. The van der Waals surface area contributed by atoms with Crippen molar-refractivity contribution in [2.75, 3.05) is 11.4 Å². The van der Waals surface area contributed by atoms with Crippen molar-refractivity contribution < 1.29 is 14.7 Å². The Morgan fingerprint density at radius 2 is 1.86 bits per heavy atom. The number of aliphatic carboxylic acids is 1. The average molecular weight is 303 g/mol. The summed E-state index contributed by atoms with van der Waals surface area (Å²) in [7, 11) is 0. The number of carboxylic acid groups (broad SMARTS) is 1. The van der Waals surface area contributed by atoms with E-state index in [0.717, 1.165) is 10.6 Å². The third-order valence-corrected chi connectivity index (χ3v) is 4.03. The van der Waals surface area contributed by atoms with E-state index >= 15 is 0 Å². The molecular weight excluding hydrogens is 286 g/mol. The second-order valence-corrected chi connectivity index (χ2v) is 5.99. The maximum absolute atomic E-state index is 12.6. The fourth-order valence-electron chi connectivity index (χ4n) is 2.03. The summed E-state index contributed by atoms with van der Waals surface area (Å²) in [6.07, 6.45) is 0.487. The number of benzene rings is 1. The number of hydrogen-bond acceptors (Lipinski definition) is 3. The van der Waals surface area contributed by atoms with E-state index in [2.05, 4.69) is 0 Å². The van der Waals surface area contributed by atoms with Gasteiger partial charge in [0.1, 0.15) is 0 Å². The van der Waals surface area contributed by atoms with Crippen LogP contribution in [0, 0.1) is 6.92 Å². The van der Waals surface area contributed by atoms with Gasteiger partial charge in [0.15, 0.2) is 0 Å². The molecule has 5 heteroatoms. The Hall–Kier alpha value is -2.14. The molecule has 0 bridgehead atoms. The van der Waals surface area contributed by atoms with Gasteiger partial charge in [-0.3, -0.25) is 9.59 Å². The maximum atomic E-state index is 12.6. The number of aryl methyl sites for hydroxylation is 1. The van der Waals surface area contributed by atoms with Gasteiger partial charge in [-0.1, -0.05) is 18.2 Å². The minimum absolute atomic E-state index is 0.0556. The number of amides is 1. The number of para-hydroxylation sites is 1. The summed E-state index contributed by atoms with van der Waals surface area (Å²) in [5.74, 6) is -0.924. The summed E-state index contributed by atoms with van der Waals surface area (Å²) in [6.45, 7) is 2.35. The normalized spacial score (nSPS) is 10.3. The van der Waals surface area contributed by atoms with Crippen molar-refractivity contribution in [3.63, 3.8) is 0 Å². The summed E-state index contributed by atoms with van der Waals surface area (Å²) in [6, 6.07) is 13.1. The molecule has 1 heterocycles. The maximum Gasteiger partial charge on any atom is 0.303 e. The van der Waals surface area contributed by atoms with Crippen molar-refractivity contribution in [1.29, 1.82) is 0 Å². The molecule has 1 amide bonds. The third-order valence-electron chi connectivity index (χ3n) is 3.04. The average Bonchev–Trinajstić information content (AvgIpc) is 2.90. The Balaban J connectivity index is 2.19. The molecule has 2 rings (SSSR count). The van der Waals surface area contributed by atoms with Crippen LogP contribution in [0.2, 0.25) is 0 Å². The van der Waals surface area contributed by atoms with Crippen molar-refractivity contribution in [3.8, 4) is 0 Å². The fourth-order valence-corrected chi connectivity index (χ4v) is 2.84. The molecule has 110 valence electrons. The van der Waals surface area contributed by atoms with Crippen LogP contribution in [-0.4, -0.2) is 23.5 Å². The summed E-state index contributed by atoms with van der Waals surface area (Å²) >= 11 is 1.45. The number of hydrogen-bond donors (Lipinski definition) is 1. The quantitative estimate of drug-likeness (QED) is 0.887. The Labute approximate surface area is 127 Å². The SMILES string of the molecule is Cc1ccc(C(=O)N(CCCC(=O)O)c2ccccc2)s1. The van der Waals surface area contributed by atoms with E-state index < -0.39 is 5.97 Å². The number of carbonyl (C=O) groups excluding carboxylic acids is 1. The number of thiophene rings is 1. The Morgan fingerprint density at radius 3 is 2.43 bits per heavy atom. The number of carbonyl (C=O) groups is 2. The number of nitrogens with zero attached hydrogens (tertiary/aromatic N) is 1. The molecule has 0 saturated heterocycles. The molecule has 0 aliphatic carbocycles. The van der Waals surface area contributed by atoms with E-state index in [1.54, 1.807) is 4.90 Å². The number of anilines is 1. The summed E-state index contributed by atoms with van der Waals surface area (Å²) in [4.78, 5) is 26.7. The second-order valence-electron chi connectivity index (χ2n) is 4.70. The molecule has 0 atom stereocenters. The van der Waals surface area contributed by atoms with Gasteiger partial charge in [0, 0.05) is 23.5 Å². The van der Waals surface area contributed by atoms with Gasteiger partial charge in [-0.15, -0.1) is 11.3 Å². The van der Waals surface area contributed by atoms with Crippen molar-refractivity contribution in [1.82, 2.24) is 0 Å². The first-order chi connectivity index (χ1) is 10.1. The van der Waals surface area contributed by atoms with Crippen LogP contribution in [0.1, 0.15) is 27.4 Å². The lowest BCUT2D eigenvalue weighted by Gasteiger charge is -2.22. The summed E-state index contributed by atoms with van der Waals surface area (Å²) < 4.78 is 0. The monoisotopic (exact) mass is 303 g/mol. The number of rotatable bonds is 6. The van der Waals surface area contributed by atoms with Crippen LogP contribution in [0.3, 0.4) is 0 Å². The lowest BCUT2D eigenvalue weighted by molar-refractivity contribution is -0.137. The van der Waals surface area contributed by atoms with Gasteiger partial charge in [0.05, 0.1) is 4.88 Å².